The van der Waals surface area contributed by atoms with Gasteiger partial charge in [0, 0.05) is 6.07 Å². The van der Waals surface area contributed by atoms with Crippen LogP contribution in [0.1, 0.15) is 38.5 Å². The highest BCUT2D eigenvalue weighted by Crippen LogP contribution is 2.35. The summed E-state index contributed by atoms with van der Waals surface area (Å²) >= 11 is 5.90. The highest BCUT2D eigenvalue weighted by Gasteiger charge is 2.44. The van der Waals surface area contributed by atoms with Crippen LogP contribution < -0.4 is 10.1 Å². The maximum atomic E-state index is 12.4. The fourth-order valence-electron chi connectivity index (χ4n) is 2.94. The Morgan fingerprint density at radius 3 is 2.33 bits per heavy atom. The summed E-state index contributed by atoms with van der Waals surface area (Å²) in [6.07, 6.45) is -1.39. The molecular formula is C18H20ClF3N2O5S. The van der Waals surface area contributed by atoms with E-state index in [9.17, 15) is 26.4 Å². The van der Waals surface area contributed by atoms with Gasteiger partial charge in [0.2, 0.25) is 0 Å². The molecule has 0 bridgehead atoms. The number of alkyl halides is 3. The summed E-state index contributed by atoms with van der Waals surface area (Å²) in [5.74, 6) is -0.109. The first-order valence-electron chi connectivity index (χ1n) is 9.04. The van der Waals surface area contributed by atoms with Crippen LogP contribution >= 0.6 is 11.6 Å². The van der Waals surface area contributed by atoms with Gasteiger partial charge in [-0.15, -0.1) is 0 Å². The number of nitriles is 1. The van der Waals surface area contributed by atoms with E-state index < -0.39 is 39.5 Å². The Morgan fingerprint density at radius 2 is 1.93 bits per heavy atom. The van der Waals surface area contributed by atoms with Gasteiger partial charge in [0.1, 0.15) is 11.3 Å². The van der Waals surface area contributed by atoms with Gasteiger partial charge in [-0.05, 0) is 37.8 Å². The summed E-state index contributed by atoms with van der Waals surface area (Å²) < 4.78 is 65.5. The molecule has 0 saturated heterocycles. The van der Waals surface area contributed by atoms with E-state index in [-0.39, 0.29) is 15.7 Å². The van der Waals surface area contributed by atoms with E-state index in [1.165, 1.54) is 12.1 Å². The van der Waals surface area contributed by atoms with Crippen molar-refractivity contribution in [2.24, 2.45) is 0 Å². The van der Waals surface area contributed by atoms with Crippen molar-refractivity contribution < 1.29 is 36.2 Å². The van der Waals surface area contributed by atoms with Crippen LogP contribution in [0.15, 0.2) is 23.1 Å². The minimum Gasteiger partial charge on any atom is -0.484 e. The van der Waals surface area contributed by atoms with Gasteiger partial charge in [0.15, 0.2) is 16.4 Å². The Balaban J connectivity index is 0.000000297. The van der Waals surface area contributed by atoms with E-state index in [1.807, 2.05) is 6.07 Å². The summed E-state index contributed by atoms with van der Waals surface area (Å²) in [4.78, 5) is 9.91. The fourth-order valence-corrected chi connectivity index (χ4v) is 5.33. The largest absolute Gasteiger partial charge is 0.484 e. The second kappa shape index (κ2) is 9.31. The molecule has 166 valence electrons. The van der Waals surface area contributed by atoms with Crippen molar-refractivity contribution in [2.75, 3.05) is 6.61 Å². The molecule has 0 radical (unpaired) electrons. The summed E-state index contributed by atoms with van der Waals surface area (Å²) in [6.45, 7) is -1.45. The van der Waals surface area contributed by atoms with Crippen LogP contribution in [0.3, 0.4) is 0 Å². The van der Waals surface area contributed by atoms with Crippen LogP contribution in [-0.4, -0.2) is 43.2 Å². The number of amides is 1. The first kappa shape index (κ1) is 24.1. The summed E-state index contributed by atoms with van der Waals surface area (Å²) in [5.41, 5.74) is -0.730. The van der Waals surface area contributed by atoms with Crippen molar-refractivity contribution in [3.63, 3.8) is 0 Å². The number of carboxylic acid groups (broad SMARTS) is 1. The van der Waals surface area contributed by atoms with Crippen molar-refractivity contribution in [3.05, 3.63) is 23.2 Å². The fraction of sp³-hybridized carbons (Fsp3) is 0.556. The van der Waals surface area contributed by atoms with Crippen molar-refractivity contribution >= 4 is 27.5 Å². The van der Waals surface area contributed by atoms with Crippen LogP contribution in [0.25, 0.3) is 0 Å². The van der Waals surface area contributed by atoms with Gasteiger partial charge in [0.25, 0.3) is 0 Å². The zero-order chi connectivity index (χ0) is 22.6. The minimum absolute atomic E-state index is 0.0459. The van der Waals surface area contributed by atoms with Gasteiger partial charge < -0.3 is 15.2 Å². The van der Waals surface area contributed by atoms with Crippen LogP contribution in [0.4, 0.5) is 18.0 Å². The molecule has 3 rings (SSSR count). The monoisotopic (exact) mass is 468 g/mol. The van der Waals surface area contributed by atoms with E-state index in [0.717, 1.165) is 18.9 Å². The number of benzene rings is 1. The molecule has 2 fully saturated rings. The number of carbonyl (C=O) groups is 1. The number of hydrogen-bond acceptors (Lipinski definition) is 5. The molecule has 12 heteroatoms. The zero-order valence-corrected chi connectivity index (χ0v) is 17.3. The summed E-state index contributed by atoms with van der Waals surface area (Å²) in [5, 5.41) is 18.1. The molecule has 30 heavy (non-hydrogen) atoms. The number of ether oxygens (including phenoxy) is 1. The number of rotatable bonds is 5. The lowest BCUT2D eigenvalue weighted by Gasteiger charge is -2.14. The highest BCUT2D eigenvalue weighted by molar-refractivity contribution is 7.92. The van der Waals surface area contributed by atoms with E-state index >= 15 is 0 Å². The SMILES string of the molecule is N#CC1(NC(=O)O)CC1.O=S(=O)(c1ccc(OCC(F)(F)F)cc1Cl)C1CCCC1. The second-order valence-corrected chi connectivity index (χ2v) is 9.68. The van der Waals surface area contributed by atoms with Gasteiger partial charge in [-0.25, -0.2) is 13.2 Å². The van der Waals surface area contributed by atoms with Crippen LogP contribution in [0.5, 0.6) is 5.75 Å². The molecule has 0 atom stereocenters. The molecule has 1 aromatic rings. The maximum Gasteiger partial charge on any atom is 0.422 e. The lowest BCUT2D eigenvalue weighted by atomic mass is 10.3. The Hall–Kier alpha value is -2.19. The lowest BCUT2D eigenvalue weighted by molar-refractivity contribution is -0.153. The third kappa shape index (κ3) is 6.67. The maximum absolute atomic E-state index is 12.4. The quantitative estimate of drug-likeness (QED) is 0.665. The molecule has 2 saturated carbocycles. The van der Waals surface area contributed by atoms with Crippen molar-refractivity contribution in [1.29, 1.82) is 5.26 Å². The number of sulfone groups is 1. The number of hydrogen-bond donors (Lipinski definition) is 2. The Morgan fingerprint density at radius 1 is 1.33 bits per heavy atom. The zero-order valence-electron chi connectivity index (χ0n) is 15.7. The van der Waals surface area contributed by atoms with Crippen LogP contribution in [-0.2, 0) is 9.84 Å². The molecule has 1 aromatic carbocycles. The molecule has 2 N–H and O–H groups in total. The van der Waals surface area contributed by atoms with Gasteiger partial charge in [-0.2, -0.15) is 18.4 Å². The Bertz CT molecular complexity index is 921. The van der Waals surface area contributed by atoms with Crippen LogP contribution in [0, 0.1) is 11.3 Å². The third-order valence-electron chi connectivity index (χ3n) is 4.66. The first-order valence-corrected chi connectivity index (χ1v) is 11.0. The average Bonchev–Trinajstić information content (AvgIpc) is 3.17. The summed E-state index contributed by atoms with van der Waals surface area (Å²) in [6, 6.07) is 5.40. The van der Waals surface area contributed by atoms with Crippen molar-refractivity contribution in [3.8, 4) is 11.8 Å². The number of nitrogens with zero attached hydrogens (tertiary/aromatic N) is 1. The third-order valence-corrected chi connectivity index (χ3v) is 7.41. The van der Waals surface area contributed by atoms with Gasteiger partial charge in [-0.1, -0.05) is 24.4 Å². The summed E-state index contributed by atoms with van der Waals surface area (Å²) in [7, 11) is -3.54. The van der Waals surface area contributed by atoms with Gasteiger partial charge >= 0.3 is 12.3 Å². The minimum atomic E-state index is -4.46. The smallest absolute Gasteiger partial charge is 0.422 e. The number of halogens is 4. The molecular weight excluding hydrogens is 449 g/mol. The van der Waals surface area contributed by atoms with E-state index in [2.05, 4.69) is 10.1 Å². The molecule has 0 unspecified atom stereocenters. The first-order chi connectivity index (χ1) is 13.9. The highest BCUT2D eigenvalue weighted by atomic mass is 35.5. The molecule has 0 heterocycles. The second-order valence-electron chi connectivity index (χ2n) is 7.07. The van der Waals surface area contributed by atoms with Crippen LogP contribution in [0.2, 0.25) is 5.02 Å². The molecule has 0 spiro atoms. The van der Waals surface area contributed by atoms with E-state index in [1.54, 1.807) is 0 Å². The topological polar surface area (TPSA) is 116 Å². The number of nitrogens with one attached hydrogen (secondary N) is 1. The van der Waals surface area contributed by atoms with Crippen molar-refractivity contribution in [1.82, 2.24) is 5.32 Å². The lowest BCUT2D eigenvalue weighted by Crippen LogP contribution is -2.33. The molecule has 0 aliphatic heterocycles. The molecule has 2 aliphatic carbocycles. The Kier molecular flexibility index (Phi) is 7.47. The molecule has 7 nitrogen and oxygen atoms in total. The van der Waals surface area contributed by atoms with E-state index in [4.69, 9.17) is 22.0 Å². The average molecular weight is 469 g/mol. The van der Waals surface area contributed by atoms with E-state index in [0.29, 0.717) is 25.7 Å². The van der Waals surface area contributed by atoms with Gasteiger partial charge in [0.05, 0.1) is 21.2 Å². The van der Waals surface area contributed by atoms with Crippen molar-refractivity contribution in [2.45, 2.75) is 60.4 Å². The van der Waals surface area contributed by atoms with Gasteiger partial charge in [-0.3, -0.25) is 0 Å². The molecule has 0 aromatic heterocycles. The normalized spacial score (nSPS) is 18.0. The predicted octanol–water partition coefficient (Wildman–Crippen LogP) is 4.31. The predicted molar refractivity (Wildman–Crippen MR) is 101 cm³/mol. The standard InChI is InChI=1S/C13H14ClF3O3S.C5H6N2O2/c14-11-7-9(20-8-13(15,16)17)5-6-12(11)21(18,19)10-3-1-2-4-10;6-3-5(1-2-5)7-4(8)9/h5-7,10H,1-4,8H2;7H,1-2H2,(H,8,9). The Labute approximate surface area is 176 Å². The molecule has 1 amide bonds. The molecule has 2 aliphatic rings.